The highest BCUT2D eigenvalue weighted by Gasteiger charge is 2.14. The van der Waals surface area contributed by atoms with Gasteiger partial charge in [-0.15, -0.1) is 0 Å². The van der Waals surface area contributed by atoms with Crippen LogP contribution in [-0.4, -0.2) is 18.1 Å². The number of carbonyl (C=O) groups excluding carboxylic acids is 1. The first-order chi connectivity index (χ1) is 11.9. The zero-order valence-corrected chi connectivity index (χ0v) is 15.9. The van der Waals surface area contributed by atoms with Crippen LogP contribution in [0, 0.1) is 11.3 Å². The Bertz CT molecular complexity index is 907. The van der Waals surface area contributed by atoms with E-state index in [-0.39, 0.29) is 27.1 Å². The predicted molar refractivity (Wildman–Crippen MR) is 101 cm³/mol. The molecular weight excluding hydrogens is 431 g/mol. The third-order valence-corrected chi connectivity index (χ3v) is 4.67. The molecule has 0 bridgehead atoms. The zero-order valence-electron chi connectivity index (χ0n) is 12.8. The molecule has 0 fully saturated rings. The number of halogens is 3. The van der Waals surface area contributed by atoms with Crippen LogP contribution in [0.4, 0.5) is 5.69 Å². The molecule has 0 aliphatic carbocycles. The number of rotatable bonds is 4. The Balaban J connectivity index is 2.36. The first-order valence-corrected chi connectivity index (χ1v) is 8.36. The summed E-state index contributed by atoms with van der Waals surface area (Å²) in [5.74, 6) is -0.504. The quantitative estimate of drug-likeness (QED) is 0.515. The van der Waals surface area contributed by atoms with E-state index in [4.69, 9.17) is 27.9 Å². The molecule has 0 unspecified atom stereocenters. The minimum Gasteiger partial charge on any atom is -0.504 e. The van der Waals surface area contributed by atoms with Crippen LogP contribution in [-0.2, 0) is 4.79 Å². The van der Waals surface area contributed by atoms with Gasteiger partial charge in [0.15, 0.2) is 11.5 Å². The number of phenolic OH excluding ortho intramolecular Hbond substituents is 1. The first-order valence-electron chi connectivity index (χ1n) is 6.81. The number of anilines is 1. The van der Waals surface area contributed by atoms with Crippen LogP contribution in [0.1, 0.15) is 5.56 Å². The van der Waals surface area contributed by atoms with Gasteiger partial charge in [-0.2, -0.15) is 5.26 Å². The summed E-state index contributed by atoms with van der Waals surface area (Å²) < 4.78 is 5.52. The van der Waals surface area contributed by atoms with E-state index >= 15 is 0 Å². The van der Waals surface area contributed by atoms with Crippen LogP contribution in [0.2, 0.25) is 10.0 Å². The summed E-state index contributed by atoms with van der Waals surface area (Å²) in [5, 5.41) is 22.0. The van der Waals surface area contributed by atoms with Gasteiger partial charge in [0.05, 0.1) is 22.8 Å². The Labute approximate surface area is 162 Å². The van der Waals surface area contributed by atoms with E-state index in [1.807, 2.05) is 6.07 Å². The molecule has 0 spiro atoms. The van der Waals surface area contributed by atoms with E-state index < -0.39 is 5.91 Å². The lowest BCUT2D eigenvalue weighted by atomic mass is 10.1. The summed E-state index contributed by atoms with van der Waals surface area (Å²) >= 11 is 15.2. The molecule has 0 saturated carbocycles. The number of ether oxygens (including phenoxy) is 1. The lowest BCUT2D eigenvalue weighted by Gasteiger charge is -2.09. The summed E-state index contributed by atoms with van der Waals surface area (Å²) in [6.45, 7) is 0. The smallest absolute Gasteiger partial charge is 0.266 e. The number of nitriles is 1. The van der Waals surface area contributed by atoms with E-state index in [1.54, 1.807) is 18.2 Å². The molecule has 0 radical (unpaired) electrons. The molecule has 2 aromatic carbocycles. The Morgan fingerprint density at radius 1 is 1.40 bits per heavy atom. The van der Waals surface area contributed by atoms with Crippen molar-refractivity contribution in [2.45, 2.75) is 0 Å². The third kappa shape index (κ3) is 4.45. The second-order valence-corrected chi connectivity index (χ2v) is 6.41. The average Bonchev–Trinajstić information content (AvgIpc) is 2.58. The Hall–Kier alpha value is -2.20. The number of aromatic hydroxyl groups is 1. The van der Waals surface area contributed by atoms with Crippen molar-refractivity contribution in [3.63, 3.8) is 0 Å². The van der Waals surface area contributed by atoms with Gasteiger partial charge in [0, 0.05) is 4.47 Å². The van der Waals surface area contributed by atoms with Gasteiger partial charge in [0.2, 0.25) is 0 Å². The molecule has 0 aliphatic heterocycles. The minimum atomic E-state index is -0.648. The van der Waals surface area contributed by atoms with Crippen LogP contribution in [0.5, 0.6) is 11.5 Å². The van der Waals surface area contributed by atoms with Crippen molar-refractivity contribution in [2.75, 3.05) is 12.4 Å². The number of nitrogens with zero attached hydrogens (tertiary/aromatic N) is 1. The van der Waals surface area contributed by atoms with E-state index in [0.29, 0.717) is 15.7 Å². The monoisotopic (exact) mass is 440 g/mol. The van der Waals surface area contributed by atoms with Crippen LogP contribution >= 0.6 is 39.1 Å². The first kappa shape index (κ1) is 19.1. The second kappa shape index (κ2) is 8.26. The molecule has 0 atom stereocenters. The van der Waals surface area contributed by atoms with E-state index in [0.717, 1.165) is 0 Å². The van der Waals surface area contributed by atoms with Gasteiger partial charge in [-0.3, -0.25) is 4.79 Å². The van der Waals surface area contributed by atoms with Crippen LogP contribution in [0.15, 0.2) is 40.4 Å². The second-order valence-electron chi connectivity index (χ2n) is 4.77. The molecule has 8 heteroatoms. The number of benzene rings is 2. The van der Waals surface area contributed by atoms with Crippen LogP contribution in [0.3, 0.4) is 0 Å². The molecule has 2 rings (SSSR count). The van der Waals surface area contributed by atoms with Crippen molar-refractivity contribution >= 4 is 56.8 Å². The molecule has 5 nitrogen and oxygen atoms in total. The SMILES string of the molecule is COc1cc(/C=C(/C#N)C(=O)Nc2cccc(Cl)c2Cl)c(Br)cc1O. The average molecular weight is 442 g/mol. The Morgan fingerprint density at radius 2 is 2.12 bits per heavy atom. The molecular formula is C17H11BrCl2N2O3. The fraction of sp³-hybridized carbons (Fsp3) is 0.0588. The Morgan fingerprint density at radius 3 is 2.76 bits per heavy atom. The molecule has 0 aliphatic rings. The summed E-state index contributed by atoms with van der Waals surface area (Å²) in [6.07, 6.45) is 1.36. The van der Waals surface area contributed by atoms with Crippen LogP contribution in [0.25, 0.3) is 6.08 Å². The molecule has 128 valence electrons. The molecule has 2 aromatic rings. The van der Waals surface area contributed by atoms with Gasteiger partial charge in [0.1, 0.15) is 11.6 Å². The van der Waals surface area contributed by atoms with Crippen molar-refractivity contribution < 1.29 is 14.6 Å². The number of hydrogen-bond acceptors (Lipinski definition) is 4. The lowest BCUT2D eigenvalue weighted by molar-refractivity contribution is -0.112. The highest BCUT2D eigenvalue weighted by atomic mass is 79.9. The summed E-state index contributed by atoms with van der Waals surface area (Å²) in [6, 6.07) is 9.52. The number of nitrogens with one attached hydrogen (secondary N) is 1. The van der Waals surface area contributed by atoms with Crippen molar-refractivity contribution in [1.29, 1.82) is 5.26 Å². The summed E-state index contributed by atoms with van der Waals surface area (Å²) in [7, 11) is 1.40. The minimum absolute atomic E-state index is 0.0693. The van der Waals surface area contributed by atoms with E-state index in [2.05, 4.69) is 21.2 Å². The topological polar surface area (TPSA) is 82.3 Å². The maximum absolute atomic E-state index is 12.3. The predicted octanol–water partition coefficient (Wildman–Crippen LogP) is 5.02. The summed E-state index contributed by atoms with van der Waals surface area (Å²) in [4.78, 5) is 12.3. The standard InChI is InChI=1S/C17H11BrCl2N2O3/c1-25-15-6-9(11(18)7-14(15)23)5-10(8-21)17(24)22-13-4-2-3-12(19)16(13)20/h2-7,23H,1H3,(H,22,24)/b10-5-. The fourth-order valence-corrected chi connectivity index (χ4v) is 2.72. The summed E-state index contributed by atoms with van der Waals surface area (Å²) in [5.41, 5.74) is 0.616. The molecule has 0 heterocycles. The molecule has 2 N–H and O–H groups in total. The van der Waals surface area contributed by atoms with E-state index in [1.165, 1.54) is 25.3 Å². The molecule has 0 aromatic heterocycles. The molecule has 0 saturated heterocycles. The van der Waals surface area contributed by atoms with Gasteiger partial charge in [0.25, 0.3) is 5.91 Å². The van der Waals surface area contributed by atoms with Gasteiger partial charge in [-0.05, 0) is 35.9 Å². The van der Waals surface area contributed by atoms with Crippen molar-refractivity contribution in [3.05, 3.63) is 56.0 Å². The van der Waals surface area contributed by atoms with Gasteiger partial charge in [-0.25, -0.2) is 0 Å². The van der Waals surface area contributed by atoms with Gasteiger partial charge < -0.3 is 15.2 Å². The highest BCUT2D eigenvalue weighted by molar-refractivity contribution is 9.10. The molecule has 1 amide bonds. The Kier molecular flexibility index (Phi) is 6.32. The highest BCUT2D eigenvalue weighted by Crippen LogP contribution is 2.34. The maximum atomic E-state index is 12.3. The van der Waals surface area contributed by atoms with Crippen molar-refractivity contribution in [1.82, 2.24) is 0 Å². The maximum Gasteiger partial charge on any atom is 0.266 e. The van der Waals surface area contributed by atoms with Crippen molar-refractivity contribution in [2.24, 2.45) is 0 Å². The molecule has 25 heavy (non-hydrogen) atoms. The van der Waals surface area contributed by atoms with Gasteiger partial charge in [-0.1, -0.05) is 45.2 Å². The number of phenols is 1. The number of hydrogen-bond donors (Lipinski definition) is 2. The van der Waals surface area contributed by atoms with E-state index in [9.17, 15) is 15.2 Å². The largest absolute Gasteiger partial charge is 0.504 e. The van der Waals surface area contributed by atoms with Crippen LogP contribution < -0.4 is 10.1 Å². The number of methoxy groups -OCH3 is 1. The van der Waals surface area contributed by atoms with Gasteiger partial charge >= 0.3 is 0 Å². The zero-order chi connectivity index (χ0) is 18.6. The number of amides is 1. The number of carbonyl (C=O) groups is 1. The van der Waals surface area contributed by atoms with Crippen molar-refractivity contribution in [3.8, 4) is 17.6 Å². The lowest BCUT2D eigenvalue weighted by Crippen LogP contribution is -2.13. The third-order valence-electron chi connectivity index (χ3n) is 3.16. The fourth-order valence-electron chi connectivity index (χ4n) is 1.93. The normalized spacial score (nSPS) is 10.9.